The summed E-state index contributed by atoms with van der Waals surface area (Å²) in [5.41, 5.74) is 2.33. The van der Waals surface area contributed by atoms with Gasteiger partial charge in [-0.1, -0.05) is 84.2 Å². The number of likely N-dealkylation sites (tertiary alicyclic amines) is 2. The van der Waals surface area contributed by atoms with Crippen LogP contribution in [0.1, 0.15) is 66.4 Å². The second-order valence-electron chi connectivity index (χ2n) is 12.6. The van der Waals surface area contributed by atoms with Gasteiger partial charge in [-0.05, 0) is 93.6 Å². The van der Waals surface area contributed by atoms with E-state index in [4.69, 9.17) is 23.2 Å². The lowest BCUT2D eigenvalue weighted by Gasteiger charge is -2.43. The molecule has 2 heterocycles. The van der Waals surface area contributed by atoms with E-state index in [0.29, 0.717) is 16.6 Å². The van der Waals surface area contributed by atoms with Crippen molar-refractivity contribution in [2.24, 2.45) is 0 Å². The molecule has 2 fully saturated rings. The highest BCUT2D eigenvalue weighted by Crippen LogP contribution is 2.41. The largest absolute Gasteiger partial charge is 0.348 e. The number of likely N-dealkylation sites (N-methyl/N-ethyl adjacent to an activating group) is 1. The van der Waals surface area contributed by atoms with E-state index < -0.39 is 5.41 Å². The first-order valence-electron chi connectivity index (χ1n) is 15.5. The Morgan fingerprint density at radius 1 is 0.791 bits per heavy atom. The summed E-state index contributed by atoms with van der Waals surface area (Å²) in [7, 11) is 3.72. The first-order chi connectivity index (χ1) is 20.7. The second kappa shape index (κ2) is 13.8. The topological polar surface area (TPSA) is 43.9 Å². The lowest BCUT2D eigenvalue weighted by atomic mass is 9.71. The highest BCUT2D eigenvalue weighted by Gasteiger charge is 2.44. The van der Waals surface area contributed by atoms with Gasteiger partial charge < -0.3 is 14.7 Å². The minimum atomic E-state index is -0.470. The number of nitrogens with zero attached hydrogens (tertiary/aromatic N) is 3. The zero-order valence-electron chi connectivity index (χ0n) is 25.4. The Morgan fingerprint density at radius 3 is 2.12 bits per heavy atom. The molecule has 1 unspecified atom stereocenters. The maximum absolute atomic E-state index is 13.6. The standard InChI is InChI=1S/C36H43Cl2N3O2/c1-39(2)34(43)36(29-14-7-4-8-15-29)20-24-40(25-21-36)22-11-19-35(30-16-17-31(37)32(38)26-30)18-9-10-23-41(27-35)33(42)28-12-5-3-6-13-28/h3-8,12-17,26H,9-11,18-25,27H2,1-2H3. The van der Waals surface area contributed by atoms with E-state index >= 15 is 0 Å². The first kappa shape index (κ1) is 31.6. The van der Waals surface area contributed by atoms with Crippen molar-refractivity contribution >= 4 is 35.0 Å². The summed E-state index contributed by atoms with van der Waals surface area (Å²) in [4.78, 5) is 33.4. The van der Waals surface area contributed by atoms with Crippen molar-refractivity contribution in [2.75, 3.05) is 46.8 Å². The van der Waals surface area contributed by atoms with Gasteiger partial charge in [0.05, 0.1) is 15.5 Å². The van der Waals surface area contributed by atoms with Crippen LogP contribution in [0.3, 0.4) is 0 Å². The minimum Gasteiger partial charge on any atom is -0.348 e. The molecule has 0 radical (unpaired) electrons. The van der Waals surface area contributed by atoms with E-state index in [2.05, 4.69) is 23.1 Å². The van der Waals surface area contributed by atoms with Crippen LogP contribution in [0.4, 0.5) is 0 Å². The molecular weight excluding hydrogens is 577 g/mol. The number of rotatable bonds is 8. The second-order valence-corrected chi connectivity index (χ2v) is 13.4. The fourth-order valence-electron chi connectivity index (χ4n) is 7.25. The van der Waals surface area contributed by atoms with Crippen LogP contribution >= 0.6 is 23.2 Å². The SMILES string of the molecule is CN(C)C(=O)C1(c2ccccc2)CCN(CCCC2(c3ccc(Cl)c(Cl)c3)CCCCN(C(=O)c3ccccc3)C2)CC1. The quantitative estimate of drug-likeness (QED) is 0.263. The van der Waals surface area contributed by atoms with Crippen LogP contribution in [-0.2, 0) is 15.6 Å². The van der Waals surface area contributed by atoms with Crippen LogP contribution < -0.4 is 0 Å². The van der Waals surface area contributed by atoms with Crippen molar-refractivity contribution in [1.82, 2.24) is 14.7 Å². The lowest BCUT2D eigenvalue weighted by molar-refractivity contribution is -0.136. The van der Waals surface area contributed by atoms with Gasteiger partial charge in [-0.25, -0.2) is 0 Å². The van der Waals surface area contributed by atoms with E-state index in [1.165, 1.54) is 0 Å². The van der Waals surface area contributed by atoms with Gasteiger partial charge in [0.15, 0.2) is 0 Å². The maximum atomic E-state index is 13.6. The van der Waals surface area contributed by atoms with Gasteiger partial charge in [0, 0.05) is 38.2 Å². The number of hydrogen-bond donors (Lipinski definition) is 0. The zero-order chi connectivity index (χ0) is 30.5. The Balaban J connectivity index is 1.32. The summed E-state index contributed by atoms with van der Waals surface area (Å²) < 4.78 is 0. The van der Waals surface area contributed by atoms with Gasteiger partial charge in [-0.15, -0.1) is 0 Å². The van der Waals surface area contributed by atoms with E-state index in [-0.39, 0.29) is 17.2 Å². The van der Waals surface area contributed by atoms with Crippen molar-refractivity contribution in [3.05, 3.63) is 106 Å². The predicted octanol–water partition coefficient (Wildman–Crippen LogP) is 7.46. The van der Waals surface area contributed by atoms with E-state index in [9.17, 15) is 9.59 Å². The van der Waals surface area contributed by atoms with Crippen LogP contribution in [0, 0.1) is 0 Å². The average molecular weight is 621 g/mol. The van der Waals surface area contributed by atoms with Crippen LogP contribution in [0.2, 0.25) is 10.0 Å². The summed E-state index contributed by atoms with van der Waals surface area (Å²) in [6.45, 7) is 4.13. The van der Waals surface area contributed by atoms with Gasteiger partial charge in [0.1, 0.15) is 0 Å². The number of halogens is 2. The average Bonchev–Trinajstić information content (AvgIpc) is 3.26. The van der Waals surface area contributed by atoms with Crippen molar-refractivity contribution in [2.45, 2.75) is 55.8 Å². The Morgan fingerprint density at radius 2 is 1.47 bits per heavy atom. The molecule has 0 N–H and O–H groups in total. The van der Waals surface area contributed by atoms with Crippen LogP contribution in [-0.4, -0.2) is 73.3 Å². The zero-order valence-corrected chi connectivity index (χ0v) is 26.9. The molecular formula is C36H43Cl2N3O2. The van der Waals surface area contributed by atoms with Crippen molar-refractivity contribution in [1.29, 1.82) is 0 Å². The Kier molecular flexibility index (Phi) is 10.2. The number of piperidine rings is 1. The highest BCUT2D eigenvalue weighted by molar-refractivity contribution is 6.42. The molecule has 0 saturated carbocycles. The molecule has 2 saturated heterocycles. The molecule has 5 rings (SSSR count). The summed E-state index contributed by atoms with van der Waals surface area (Å²) in [6.07, 6.45) is 6.59. The molecule has 228 valence electrons. The van der Waals surface area contributed by atoms with Gasteiger partial charge >= 0.3 is 0 Å². The fraction of sp³-hybridized carbons (Fsp3) is 0.444. The third-order valence-corrected chi connectivity index (χ3v) is 10.4. The molecule has 5 nitrogen and oxygen atoms in total. The monoisotopic (exact) mass is 619 g/mol. The third-order valence-electron chi connectivity index (χ3n) is 9.65. The number of carbonyl (C=O) groups is 2. The Hall–Kier alpha value is -2.86. The van der Waals surface area contributed by atoms with Gasteiger partial charge in [0.25, 0.3) is 5.91 Å². The molecule has 0 aromatic heterocycles. The van der Waals surface area contributed by atoms with E-state index in [1.807, 2.05) is 79.7 Å². The maximum Gasteiger partial charge on any atom is 0.253 e. The summed E-state index contributed by atoms with van der Waals surface area (Å²) in [6, 6.07) is 25.9. The fourth-order valence-corrected chi connectivity index (χ4v) is 7.54. The van der Waals surface area contributed by atoms with Crippen LogP contribution in [0.5, 0.6) is 0 Å². The van der Waals surface area contributed by atoms with Crippen molar-refractivity contribution in [3.63, 3.8) is 0 Å². The van der Waals surface area contributed by atoms with Crippen molar-refractivity contribution in [3.8, 4) is 0 Å². The summed E-state index contributed by atoms with van der Waals surface area (Å²) in [5.74, 6) is 0.282. The molecule has 1 atom stereocenters. The van der Waals surface area contributed by atoms with Gasteiger partial charge in [-0.2, -0.15) is 0 Å². The number of carbonyl (C=O) groups excluding carboxylic acids is 2. The van der Waals surface area contributed by atoms with Crippen LogP contribution in [0.25, 0.3) is 0 Å². The lowest BCUT2D eigenvalue weighted by Crippen LogP contribution is -2.51. The molecule has 3 aromatic rings. The molecule has 2 aliphatic rings. The first-order valence-corrected chi connectivity index (χ1v) is 16.3. The number of amides is 2. The number of hydrogen-bond acceptors (Lipinski definition) is 3. The summed E-state index contributed by atoms with van der Waals surface area (Å²) >= 11 is 12.9. The summed E-state index contributed by atoms with van der Waals surface area (Å²) in [5, 5.41) is 1.11. The smallest absolute Gasteiger partial charge is 0.253 e. The molecule has 2 amide bonds. The molecule has 0 aliphatic carbocycles. The van der Waals surface area contributed by atoms with E-state index in [1.54, 1.807) is 4.90 Å². The van der Waals surface area contributed by atoms with Crippen LogP contribution in [0.15, 0.2) is 78.9 Å². The minimum absolute atomic E-state index is 0.0887. The van der Waals surface area contributed by atoms with E-state index in [0.717, 1.165) is 87.8 Å². The van der Waals surface area contributed by atoms with Gasteiger partial charge in [-0.3, -0.25) is 9.59 Å². The molecule has 2 aliphatic heterocycles. The molecule has 3 aromatic carbocycles. The molecule has 7 heteroatoms. The Bertz CT molecular complexity index is 1390. The van der Waals surface area contributed by atoms with Gasteiger partial charge in [0.2, 0.25) is 5.91 Å². The molecule has 0 spiro atoms. The molecule has 0 bridgehead atoms. The Labute approximate surface area is 266 Å². The third kappa shape index (κ3) is 6.95. The normalized spacial score (nSPS) is 20.8. The van der Waals surface area contributed by atoms with Crippen molar-refractivity contribution < 1.29 is 9.59 Å². The predicted molar refractivity (Wildman–Crippen MR) is 176 cm³/mol. The molecule has 43 heavy (non-hydrogen) atoms. The number of benzene rings is 3. The highest BCUT2D eigenvalue weighted by atomic mass is 35.5.